The van der Waals surface area contributed by atoms with Crippen molar-refractivity contribution < 1.29 is 17.3 Å². The molecule has 0 amide bonds. The summed E-state index contributed by atoms with van der Waals surface area (Å²) in [5.74, 6) is 0.0105. The van der Waals surface area contributed by atoms with E-state index in [4.69, 9.17) is 15.7 Å². The molecule has 0 atom stereocenters. The van der Waals surface area contributed by atoms with Crippen molar-refractivity contribution in [1.82, 2.24) is 14.6 Å². The number of anilines is 2. The number of benzene rings is 2. The quantitative estimate of drug-likeness (QED) is 0.461. The zero-order valence-electron chi connectivity index (χ0n) is 15.9. The summed E-state index contributed by atoms with van der Waals surface area (Å²) in [6, 6.07) is 8.07. The van der Waals surface area contributed by atoms with Gasteiger partial charge < -0.3 is 15.7 Å². The number of nitrogens with one attached hydrogen (secondary N) is 3. The highest BCUT2D eigenvalue weighted by Gasteiger charge is 2.31. The lowest BCUT2D eigenvalue weighted by Crippen LogP contribution is -2.12. The van der Waals surface area contributed by atoms with Crippen LogP contribution >= 0.6 is 11.6 Å². The number of hydrogen-bond donors (Lipinski definition) is 3. The molecule has 3 N–H and O–H groups in total. The Bertz CT molecular complexity index is 1210. The Morgan fingerprint density at radius 1 is 1.23 bits per heavy atom. The number of halogens is 4. The van der Waals surface area contributed by atoms with E-state index in [1.165, 1.54) is 6.07 Å². The van der Waals surface area contributed by atoms with Gasteiger partial charge in [0, 0.05) is 33.2 Å². The topological polar surface area (TPSA) is 57.7 Å². The van der Waals surface area contributed by atoms with E-state index in [1.54, 1.807) is 24.4 Å². The average molecular weight is 383 g/mol. The van der Waals surface area contributed by atoms with Crippen LogP contribution in [0, 0.1) is 0 Å². The molecule has 2 aromatic heterocycles. The molecule has 2 aromatic carbocycles. The minimum absolute atomic E-state index is 0.0105. The zero-order valence-corrected chi connectivity index (χ0v) is 13.7. The van der Waals surface area contributed by atoms with Gasteiger partial charge in [0.15, 0.2) is 0 Å². The van der Waals surface area contributed by atoms with Crippen LogP contribution in [-0.4, -0.2) is 21.6 Å². The molecule has 134 valence electrons. The second-order valence-corrected chi connectivity index (χ2v) is 6.04. The second kappa shape index (κ2) is 5.84. The molecule has 0 aliphatic heterocycles. The molecular weight excluding hydrogens is 367 g/mol. The predicted molar refractivity (Wildman–Crippen MR) is 96.6 cm³/mol. The first-order valence-electron chi connectivity index (χ1n) is 8.93. The van der Waals surface area contributed by atoms with E-state index in [9.17, 15) is 13.2 Å². The van der Waals surface area contributed by atoms with Crippen LogP contribution in [0.1, 0.15) is 9.68 Å². The molecule has 0 fully saturated rings. The van der Waals surface area contributed by atoms with E-state index >= 15 is 0 Å². The van der Waals surface area contributed by atoms with E-state index in [0.717, 1.165) is 22.3 Å². The van der Waals surface area contributed by atoms with Crippen LogP contribution in [0.4, 0.5) is 24.8 Å². The van der Waals surface area contributed by atoms with Gasteiger partial charge in [-0.25, -0.2) is 9.66 Å². The van der Waals surface area contributed by atoms with Crippen LogP contribution in [0.25, 0.3) is 21.9 Å². The van der Waals surface area contributed by atoms with Gasteiger partial charge >= 0.3 is 6.18 Å². The first kappa shape index (κ1) is 13.3. The van der Waals surface area contributed by atoms with Gasteiger partial charge in [0.1, 0.15) is 0 Å². The van der Waals surface area contributed by atoms with Crippen LogP contribution in [0.15, 0.2) is 42.6 Å². The fraction of sp³-hybridized carbons (Fsp3) is 0.118. The molecule has 9 heteroatoms. The summed E-state index contributed by atoms with van der Waals surface area (Å²) in [7, 11) is 0. The Labute approximate surface area is 155 Å². The highest BCUT2D eigenvalue weighted by molar-refractivity contribution is 6.31. The number of rotatable bonds is 3. The fourth-order valence-electron chi connectivity index (χ4n) is 2.77. The zero-order chi connectivity index (χ0) is 21.0. The van der Waals surface area contributed by atoms with Gasteiger partial charge in [0.2, 0.25) is 5.95 Å². The van der Waals surface area contributed by atoms with Gasteiger partial charge in [-0.15, -0.1) is 0 Å². The highest BCUT2D eigenvalue weighted by atomic mass is 35.5. The molecule has 5 nitrogen and oxygen atoms in total. The average Bonchev–Trinajstić information content (AvgIpc) is 3.14. The van der Waals surface area contributed by atoms with Crippen molar-refractivity contribution >= 4 is 45.2 Å². The normalized spacial score (nSPS) is 14.2. The minimum atomic E-state index is -4.55. The molecule has 0 spiro atoms. The summed E-state index contributed by atoms with van der Waals surface area (Å²) < 4.78 is 62.6. The summed E-state index contributed by atoms with van der Waals surface area (Å²) in [6.07, 6.45) is -2.92. The number of hydrogen-bond acceptors (Lipinski definition) is 3. The maximum atomic E-state index is 13.0. The van der Waals surface area contributed by atoms with Crippen LogP contribution in [0.5, 0.6) is 0 Å². The molecule has 0 bridgehead atoms. The van der Waals surface area contributed by atoms with Gasteiger partial charge in [-0.3, -0.25) is 0 Å². The van der Waals surface area contributed by atoms with Crippen molar-refractivity contribution in [3.63, 3.8) is 0 Å². The molecule has 0 saturated heterocycles. The highest BCUT2D eigenvalue weighted by Crippen LogP contribution is 2.33. The lowest BCUT2D eigenvalue weighted by atomic mass is 10.2. The smallest absolute Gasteiger partial charge is 0.359 e. The largest absolute Gasteiger partial charge is 0.416 e. The van der Waals surface area contributed by atoms with E-state index in [1.807, 2.05) is 0 Å². The summed E-state index contributed by atoms with van der Waals surface area (Å²) in [4.78, 5) is 7.20. The maximum absolute atomic E-state index is 13.0. The van der Waals surface area contributed by atoms with E-state index in [2.05, 4.69) is 20.7 Å². The first-order valence-corrected chi connectivity index (χ1v) is 7.81. The number of nitrogens with zero attached hydrogens (tertiary/aromatic N) is 2. The number of H-pyrrole nitrogens is 1. The molecule has 0 unspecified atom stereocenters. The van der Waals surface area contributed by atoms with Crippen molar-refractivity contribution in [2.45, 2.75) is 6.18 Å². The number of fused-ring (bicyclic) bond motifs is 2. The summed E-state index contributed by atoms with van der Waals surface area (Å²) in [5.41, 5.74) is 2.85. The first-order chi connectivity index (χ1) is 13.5. The van der Waals surface area contributed by atoms with Crippen molar-refractivity contribution in [2.75, 3.05) is 17.7 Å². The van der Waals surface area contributed by atoms with Crippen LogP contribution in [0.2, 0.25) is 5.02 Å². The van der Waals surface area contributed by atoms with Crippen molar-refractivity contribution in [1.29, 1.82) is 0 Å². The molecule has 26 heavy (non-hydrogen) atoms. The van der Waals surface area contributed by atoms with Crippen molar-refractivity contribution in [2.24, 2.45) is 0 Å². The SMILES string of the molecule is [2H]C([2H])([2H])Nn1c(Nc2c[nH]c3ccc(Cl)cc23)nc2cc(C(F)(F)F)ccc21. The molecule has 4 aromatic rings. The van der Waals surface area contributed by atoms with Crippen molar-refractivity contribution in [3.05, 3.63) is 53.2 Å². The molecule has 4 rings (SSSR count). The lowest BCUT2D eigenvalue weighted by Gasteiger charge is -2.09. The molecule has 0 radical (unpaired) electrons. The van der Waals surface area contributed by atoms with Gasteiger partial charge in [-0.1, -0.05) is 11.6 Å². The maximum Gasteiger partial charge on any atom is 0.416 e. The fourth-order valence-corrected chi connectivity index (χ4v) is 2.94. The van der Waals surface area contributed by atoms with E-state index in [0.29, 0.717) is 16.1 Å². The van der Waals surface area contributed by atoms with Gasteiger partial charge in [0.25, 0.3) is 0 Å². The summed E-state index contributed by atoms with van der Waals surface area (Å²) in [5, 5.41) is 4.16. The van der Waals surface area contributed by atoms with E-state index in [-0.39, 0.29) is 17.0 Å². The third kappa shape index (κ3) is 2.72. The van der Waals surface area contributed by atoms with Gasteiger partial charge in [-0.2, -0.15) is 13.2 Å². The van der Waals surface area contributed by atoms with E-state index < -0.39 is 18.7 Å². The summed E-state index contributed by atoms with van der Waals surface area (Å²) >= 11 is 6.04. The summed E-state index contributed by atoms with van der Waals surface area (Å²) in [6.45, 7) is -2.60. The third-order valence-corrected chi connectivity index (χ3v) is 4.22. The Balaban J connectivity index is 1.85. The Hall–Kier alpha value is -2.87. The molecular formula is C17H13ClF3N5. The Morgan fingerprint density at radius 2 is 2.08 bits per heavy atom. The molecule has 2 heterocycles. The van der Waals surface area contributed by atoms with Crippen LogP contribution < -0.4 is 10.7 Å². The number of aromatic amines is 1. The van der Waals surface area contributed by atoms with Gasteiger partial charge in [-0.05, 0) is 36.4 Å². The molecule has 0 saturated carbocycles. The standard InChI is InChI=1S/C17H13ClF3N5/c1-22-26-15-5-2-9(17(19,20)21)6-13(15)24-16(26)25-14-8-23-12-4-3-10(18)7-11(12)14/h2-8,22-23H,1H3,(H,24,25)/i1D3. The van der Waals surface area contributed by atoms with Crippen LogP contribution in [-0.2, 0) is 6.18 Å². The molecule has 0 aliphatic carbocycles. The lowest BCUT2D eigenvalue weighted by molar-refractivity contribution is -0.137. The number of alkyl halides is 3. The van der Waals surface area contributed by atoms with Crippen LogP contribution in [0.3, 0.4) is 0 Å². The third-order valence-electron chi connectivity index (χ3n) is 3.98. The predicted octanol–water partition coefficient (Wildman–Crippen LogP) is 5.11. The Morgan fingerprint density at radius 3 is 2.85 bits per heavy atom. The number of aromatic nitrogens is 3. The number of imidazole rings is 1. The van der Waals surface area contributed by atoms with Crippen molar-refractivity contribution in [3.8, 4) is 0 Å². The minimum Gasteiger partial charge on any atom is -0.359 e. The molecule has 0 aliphatic rings. The van der Waals surface area contributed by atoms with Gasteiger partial charge in [0.05, 0.1) is 22.3 Å². The Kier molecular flexibility index (Phi) is 3.00. The second-order valence-electron chi connectivity index (χ2n) is 5.60. The monoisotopic (exact) mass is 382 g/mol.